The highest BCUT2D eigenvalue weighted by molar-refractivity contribution is 7.89. The fourth-order valence-corrected chi connectivity index (χ4v) is 3.84. The van der Waals surface area contributed by atoms with Crippen LogP contribution >= 0.6 is 0 Å². The van der Waals surface area contributed by atoms with Crippen molar-refractivity contribution >= 4 is 22.0 Å². The van der Waals surface area contributed by atoms with E-state index >= 15 is 0 Å². The lowest BCUT2D eigenvalue weighted by molar-refractivity contribution is -0.126. The summed E-state index contributed by atoms with van der Waals surface area (Å²) in [7, 11) is -4.23. The first-order valence-corrected chi connectivity index (χ1v) is 9.16. The number of ether oxygens (including phenoxy) is 1. The summed E-state index contributed by atoms with van der Waals surface area (Å²) < 4.78 is 46.1. The van der Waals surface area contributed by atoms with E-state index in [9.17, 15) is 22.4 Å². The van der Waals surface area contributed by atoms with Gasteiger partial charge in [-0.05, 0) is 17.7 Å². The molecule has 0 spiro atoms. The van der Waals surface area contributed by atoms with Crippen molar-refractivity contribution in [3.8, 4) is 0 Å². The van der Waals surface area contributed by atoms with Crippen LogP contribution in [0.15, 0.2) is 59.5 Å². The van der Waals surface area contributed by atoms with E-state index in [2.05, 4.69) is 9.46 Å². The van der Waals surface area contributed by atoms with E-state index in [0.29, 0.717) is 5.56 Å². The molecule has 1 N–H and O–H groups in total. The standard InChI is InChI=1S/C17H15FN2O5S/c18-13-8-4-5-9-15(13)26(23,24)19-14(12-6-2-1-3-7-12)10-20-16(21)11-25-17(20)22/h1-9,14,19H,10-11H2. The van der Waals surface area contributed by atoms with E-state index in [0.717, 1.165) is 17.0 Å². The Morgan fingerprint density at radius 1 is 1.08 bits per heavy atom. The molecule has 1 saturated heterocycles. The van der Waals surface area contributed by atoms with Crippen molar-refractivity contribution in [1.29, 1.82) is 0 Å². The Bertz CT molecular complexity index is 917. The summed E-state index contributed by atoms with van der Waals surface area (Å²) in [5, 5.41) is 0. The van der Waals surface area contributed by atoms with Gasteiger partial charge in [-0.25, -0.2) is 27.2 Å². The largest absolute Gasteiger partial charge is 0.439 e. The number of benzene rings is 2. The predicted octanol–water partition coefficient (Wildman–Crippen LogP) is 1.82. The first kappa shape index (κ1) is 18.0. The molecule has 9 heteroatoms. The van der Waals surface area contributed by atoms with Crippen molar-refractivity contribution in [2.75, 3.05) is 13.2 Å². The van der Waals surface area contributed by atoms with Gasteiger partial charge < -0.3 is 4.74 Å². The summed E-state index contributed by atoms with van der Waals surface area (Å²) in [6.45, 7) is -0.657. The van der Waals surface area contributed by atoms with Crippen LogP contribution in [0, 0.1) is 5.82 Å². The van der Waals surface area contributed by atoms with Gasteiger partial charge in [0.1, 0.15) is 10.7 Å². The molecular formula is C17H15FN2O5S. The van der Waals surface area contributed by atoms with Crippen molar-refractivity contribution in [3.63, 3.8) is 0 Å². The van der Waals surface area contributed by atoms with Gasteiger partial charge in [-0.1, -0.05) is 42.5 Å². The third-order valence-electron chi connectivity index (χ3n) is 3.83. The molecule has 2 amide bonds. The van der Waals surface area contributed by atoms with E-state index in [1.165, 1.54) is 12.1 Å². The Morgan fingerprint density at radius 2 is 1.73 bits per heavy atom. The fraction of sp³-hybridized carbons (Fsp3) is 0.176. The molecule has 136 valence electrons. The molecule has 2 aromatic carbocycles. The van der Waals surface area contributed by atoms with Crippen LogP contribution < -0.4 is 4.72 Å². The van der Waals surface area contributed by atoms with E-state index in [-0.39, 0.29) is 13.2 Å². The normalized spacial score (nSPS) is 15.8. The number of amides is 2. The van der Waals surface area contributed by atoms with Gasteiger partial charge in [0.15, 0.2) is 6.61 Å². The second-order valence-electron chi connectivity index (χ2n) is 5.57. The number of cyclic esters (lactones) is 1. The van der Waals surface area contributed by atoms with Gasteiger partial charge in [-0.15, -0.1) is 0 Å². The molecule has 1 aliphatic rings. The highest BCUT2D eigenvalue weighted by Gasteiger charge is 2.35. The van der Waals surface area contributed by atoms with Gasteiger partial charge in [-0.3, -0.25) is 4.79 Å². The van der Waals surface area contributed by atoms with Gasteiger partial charge in [0.05, 0.1) is 12.6 Å². The monoisotopic (exact) mass is 378 g/mol. The van der Waals surface area contributed by atoms with Crippen molar-refractivity contribution in [2.45, 2.75) is 10.9 Å². The maximum Gasteiger partial charge on any atom is 0.417 e. The Balaban J connectivity index is 1.93. The van der Waals surface area contributed by atoms with Gasteiger partial charge in [0.25, 0.3) is 5.91 Å². The minimum Gasteiger partial charge on any atom is -0.439 e. The molecule has 0 aromatic heterocycles. The van der Waals surface area contributed by atoms with E-state index in [4.69, 9.17) is 0 Å². The number of halogens is 1. The lowest BCUT2D eigenvalue weighted by Gasteiger charge is -2.22. The van der Waals surface area contributed by atoms with Crippen LogP contribution in [0.3, 0.4) is 0 Å². The Kier molecular flexibility index (Phi) is 5.01. The van der Waals surface area contributed by atoms with Crippen LogP contribution in [0.5, 0.6) is 0 Å². The average molecular weight is 378 g/mol. The Morgan fingerprint density at radius 3 is 2.35 bits per heavy atom. The summed E-state index contributed by atoms with van der Waals surface area (Å²) >= 11 is 0. The lowest BCUT2D eigenvalue weighted by Crippen LogP contribution is -2.40. The van der Waals surface area contributed by atoms with Crippen LogP contribution in [0.25, 0.3) is 0 Å². The van der Waals surface area contributed by atoms with Crippen molar-refractivity contribution in [1.82, 2.24) is 9.62 Å². The molecular weight excluding hydrogens is 363 g/mol. The maximum atomic E-state index is 13.9. The minimum absolute atomic E-state index is 0.268. The van der Waals surface area contributed by atoms with E-state index in [1.807, 2.05) is 0 Å². The molecule has 1 heterocycles. The molecule has 2 aromatic rings. The number of carbonyl (C=O) groups is 2. The number of nitrogens with one attached hydrogen (secondary N) is 1. The molecule has 1 atom stereocenters. The molecule has 1 fully saturated rings. The summed E-state index contributed by atoms with van der Waals surface area (Å²) in [6, 6.07) is 12.4. The second-order valence-corrected chi connectivity index (χ2v) is 7.26. The lowest BCUT2D eigenvalue weighted by atomic mass is 10.1. The molecule has 1 aliphatic heterocycles. The first-order chi connectivity index (χ1) is 12.4. The summed E-state index contributed by atoms with van der Waals surface area (Å²) in [6.07, 6.45) is -0.846. The van der Waals surface area contributed by atoms with Gasteiger partial charge in [-0.2, -0.15) is 0 Å². The number of carbonyl (C=O) groups excluding carboxylic acids is 2. The number of hydrogen-bond acceptors (Lipinski definition) is 5. The zero-order valence-corrected chi connectivity index (χ0v) is 14.3. The molecule has 0 aliphatic carbocycles. The highest BCUT2D eigenvalue weighted by Crippen LogP contribution is 2.21. The number of hydrogen-bond donors (Lipinski definition) is 1. The quantitative estimate of drug-likeness (QED) is 0.828. The highest BCUT2D eigenvalue weighted by atomic mass is 32.2. The Hall–Kier alpha value is -2.78. The maximum absolute atomic E-state index is 13.9. The minimum atomic E-state index is -4.23. The van der Waals surface area contributed by atoms with E-state index in [1.54, 1.807) is 30.3 Å². The molecule has 7 nitrogen and oxygen atoms in total. The number of imide groups is 1. The van der Waals surface area contributed by atoms with Gasteiger partial charge in [0.2, 0.25) is 10.0 Å². The molecule has 1 unspecified atom stereocenters. The SMILES string of the molecule is O=C1COC(=O)N1CC(NS(=O)(=O)c1ccccc1F)c1ccccc1. The molecule has 0 bridgehead atoms. The van der Waals surface area contributed by atoms with Crippen LogP contribution in [0.4, 0.5) is 9.18 Å². The van der Waals surface area contributed by atoms with Crippen LogP contribution in [0.2, 0.25) is 0 Å². The van der Waals surface area contributed by atoms with Crippen molar-refractivity contribution in [2.24, 2.45) is 0 Å². The van der Waals surface area contributed by atoms with Crippen molar-refractivity contribution in [3.05, 3.63) is 66.0 Å². The third kappa shape index (κ3) is 3.73. The number of sulfonamides is 1. The molecule has 26 heavy (non-hydrogen) atoms. The number of nitrogens with zero attached hydrogens (tertiary/aromatic N) is 1. The summed E-state index contributed by atoms with van der Waals surface area (Å²) in [5.74, 6) is -1.47. The molecule has 3 rings (SSSR count). The predicted molar refractivity (Wildman–Crippen MR) is 89.0 cm³/mol. The number of rotatable bonds is 6. The average Bonchev–Trinajstić information content (AvgIpc) is 2.94. The molecule has 0 radical (unpaired) electrons. The smallest absolute Gasteiger partial charge is 0.417 e. The zero-order chi connectivity index (χ0) is 18.7. The van der Waals surface area contributed by atoms with E-state index < -0.39 is 38.8 Å². The third-order valence-corrected chi connectivity index (χ3v) is 5.34. The molecule has 0 saturated carbocycles. The van der Waals surface area contributed by atoms with Crippen LogP contribution in [-0.4, -0.2) is 38.5 Å². The first-order valence-electron chi connectivity index (χ1n) is 7.67. The van der Waals surface area contributed by atoms with Gasteiger partial charge >= 0.3 is 6.09 Å². The summed E-state index contributed by atoms with van der Waals surface area (Å²) in [5.41, 5.74) is 0.514. The fourth-order valence-electron chi connectivity index (χ4n) is 2.55. The van der Waals surface area contributed by atoms with Gasteiger partial charge in [0, 0.05) is 0 Å². The Labute approximate surface area is 149 Å². The van der Waals surface area contributed by atoms with Crippen molar-refractivity contribution < 1.29 is 27.1 Å². The van der Waals surface area contributed by atoms with Crippen LogP contribution in [-0.2, 0) is 19.6 Å². The summed E-state index contributed by atoms with van der Waals surface area (Å²) in [4.78, 5) is 23.8. The zero-order valence-electron chi connectivity index (χ0n) is 13.5. The second kappa shape index (κ2) is 7.22. The van der Waals surface area contributed by atoms with Crippen LogP contribution in [0.1, 0.15) is 11.6 Å². The topological polar surface area (TPSA) is 92.8 Å².